The normalized spacial score (nSPS) is 11.2. The zero-order valence-corrected chi connectivity index (χ0v) is 17.2. The van der Waals surface area contributed by atoms with Crippen LogP contribution in [0.15, 0.2) is 33.5 Å². The third-order valence-corrected chi connectivity index (χ3v) is 5.86. The maximum atomic E-state index is 11.9. The Bertz CT molecular complexity index is 1030. The van der Waals surface area contributed by atoms with E-state index in [0.717, 1.165) is 23.8 Å². The summed E-state index contributed by atoms with van der Waals surface area (Å²) < 4.78 is 11.5. The van der Waals surface area contributed by atoms with Gasteiger partial charge in [-0.25, -0.2) is 4.79 Å². The molecule has 1 aromatic heterocycles. The van der Waals surface area contributed by atoms with Gasteiger partial charge in [-0.1, -0.05) is 13.3 Å². The fourth-order valence-electron chi connectivity index (χ4n) is 3.73. The molecular formula is C24H28O3. The predicted molar refractivity (Wildman–Crippen MR) is 111 cm³/mol. The Morgan fingerprint density at radius 1 is 0.889 bits per heavy atom. The largest absolute Gasteiger partial charge is 0.489 e. The molecule has 3 rings (SSSR count). The van der Waals surface area contributed by atoms with E-state index in [0.29, 0.717) is 17.9 Å². The van der Waals surface area contributed by atoms with Crippen molar-refractivity contribution in [1.82, 2.24) is 0 Å². The number of ether oxygens (including phenoxy) is 1. The summed E-state index contributed by atoms with van der Waals surface area (Å²) in [6.45, 7) is 13.4. The highest BCUT2D eigenvalue weighted by atomic mass is 16.5. The number of rotatable bonds is 5. The van der Waals surface area contributed by atoms with Crippen LogP contribution in [0.3, 0.4) is 0 Å². The topological polar surface area (TPSA) is 39.4 Å². The molecule has 142 valence electrons. The molecule has 3 heteroatoms. The Balaban J connectivity index is 1.94. The van der Waals surface area contributed by atoms with Crippen molar-refractivity contribution in [1.29, 1.82) is 0 Å². The summed E-state index contributed by atoms with van der Waals surface area (Å²) in [7, 11) is 0. The minimum atomic E-state index is -0.306. The fraction of sp³-hybridized carbons (Fsp3) is 0.375. The number of hydrogen-bond acceptors (Lipinski definition) is 3. The van der Waals surface area contributed by atoms with Gasteiger partial charge in [-0.15, -0.1) is 0 Å². The Kier molecular flexibility index (Phi) is 5.41. The summed E-state index contributed by atoms with van der Waals surface area (Å²) in [4.78, 5) is 11.9. The van der Waals surface area contributed by atoms with Crippen molar-refractivity contribution < 1.29 is 9.15 Å². The minimum Gasteiger partial charge on any atom is -0.489 e. The molecule has 0 saturated carbocycles. The number of hydrogen-bond donors (Lipinski definition) is 0. The summed E-state index contributed by atoms with van der Waals surface area (Å²) in [5, 5.41) is 0.984. The molecule has 0 saturated heterocycles. The van der Waals surface area contributed by atoms with E-state index < -0.39 is 0 Å². The van der Waals surface area contributed by atoms with Crippen LogP contribution in [0.25, 0.3) is 11.0 Å². The van der Waals surface area contributed by atoms with E-state index in [-0.39, 0.29) is 5.63 Å². The van der Waals surface area contributed by atoms with Crippen molar-refractivity contribution in [3.05, 3.63) is 73.6 Å². The molecule has 27 heavy (non-hydrogen) atoms. The lowest BCUT2D eigenvalue weighted by atomic mass is 9.90. The first kappa shape index (κ1) is 19.2. The van der Waals surface area contributed by atoms with Crippen molar-refractivity contribution in [3.63, 3.8) is 0 Å². The molecule has 0 unspecified atom stereocenters. The van der Waals surface area contributed by atoms with Crippen LogP contribution < -0.4 is 10.4 Å². The van der Waals surface area contributed by atoms with Crippen molar-refractivity contribution in [2.45, 2.75) is 61.0 Å². The van der Waals surface area contributed by atoms with Gasteiger partial charge >= 0.3 is 5.63 Å². The highest BCUT2D eigenvalue weighted by Crippen LogP contribution is 2.28. The lowest BCUT2D eigenvalue weighted by Gasteiger charge is -2.19. The summed E-state index contributed by atoms with van der Waals surface area (Å²) >= 11 is 0. The molecule has 0 N–H and O–H groups in total. The second kappa shape index (κ2) is 7.59. The van der Waals surface area contributed by atoms with Crippen molar-refractivity contribution in [2.24, 2.45) is 0 Å². The molecule has 3 nitrogen and oxygen atoms in total. The molecule has 1 heterocycles. The Labute approximate surface area is 161 Å². The lowest BCUT2D eigenvalue weighted by Crippen LogP contribution is -2.06. The van der Waals surface area contributed by atoms with Crippen LogP contribution in [-0.2, 0) is 13.0 Å². The second-order valence-electron chi connectivity index (χ2n) is 7.39. The van der Waals surface area contributed by atoms with Crippen molar-refractivity contribution in [2.75, 3.05) is 0 Å². The Morgan fingerprint density at radius 3 is 2.15 bits per heavy atom. The number of fused-ring (bicyclic) bond motifs is 1. The average molecular weight is 364 g/mol. The molecule has 0 atom stereocenters. The molecule has 0 amide bonds. The minimum absolute atomic E-state index is 0.306. The van der Waals surface area contributed by atoms with Crippen LogP contribution in [0, 0.1) is 34.6 Å². The predicted octanol–water partition coefficient (Wildman–Crippen LogP) is 5.87. The summed E-state index contributed by atoms with van der Waals surface area (Å²) in [5.74, 6) is 0.717. The summed E-state index contributed by atoms with van der Waals surface area (Å²) in [6, 6.07) is 7.37. The standard InChI is InChI=1S/C24H28O3/c1-7-8-19-11-24(25)27-23-12-20(9-10-21(19)23)26-13-22-17(5)15(3)14(2)16(4)18(22)6/h9-12H,7-8,13H2,1-6H3. The molecule has 0 aliphatic rings. The van der Waals surface area contributed by atoms with E-state index in [1.807, 2.05) is 18.2 Å². The average Bonchev–Trinajstić information content (AvgIpc) is 2.64. The van der Waals surface area contributed by atoms with Gasteiger partial charge in [0, 0.05) is 17.5 Å². The van der Waals surface area contributed by atoms with Gasteiger partial charge in [0.25, 0.3) is 0 Å². The third-order valence-electron chi connectivity index (χ3n) is 5.86. The molecule has 2 aromatic carbocycles. The molecule has 0 spiro atoms. The molecule has 0 radical (unpaired) electrons. The summed E-state index contributed by atoms with van der Waals surface area (Å²) in [6.07, 6.45) is 1.85. The van der Waals surface area contributed by atoms with E-state index >= 15 is 0 Å². The zero-order chi connectivity index (χ0) is 19.7. The van der Waals surface area contributed by atoms with Crippen LogP contribution in [0.1, 0.15) is 52.3 Å². The van der Waals surface area contributed by atoms with E-state index in [1.54, 1.807) is 6.07 Å². The van der Waals surface area contributed by atoms with Crippen LogP contribution in [0.4, 0.5) is 0 Å². The van der Waals surface area contributed by atoms with Gasteiger partial charge < -0.3 is 9.15 Å². The van der Waals surface area contributed by atoms with E-state index in [4.69, 9.17) is 9.15 Å². The molecule has 0 aliphatic heterocycles. The SMILES string of the molecule is CCCc1cc(=O)oc2cc(OCc3c(C)c(C)c(C)c(C)c3C)ccc12. The van der Waals surface area contributed by atoms with Crippen LogP contribution in [0.5, 0.6) is 5.75 Å². The van der Waals surface area contributed by atoms with Crippen molar-refractivity contribution in [3.8, 4) is 5.75 Å². The van der Waals surface area contributed by atoms with E-state index in [2.05, 4.69) is 41.5 Å². The van der Waals surface area contributed by atoms with Gasteiger partial charge in [0.1, 0.15) is 17.9 Å². The van der Waals surface area contributed by atoms with Crippen LogP contribution >= 0.6 is 0 Å². The van der Waals surface area contributed by atoms with Gasteiger partial charge in [-0.05, 0) is 92.1 Å². The molecule has 3 aromatic rings. The first-order valence-electron chi connectivity index (χ1n) is 9.58. The number of benzene rings is 2. The lowest BCUT2D eigenvalue weighted by molar-refractivity contribution is 0.304. The highest BCUT2D eigenvalue weighted by Gasteiger charge is 2.13. The van der Waals surface area contributed by atoms with Gasteiger partial charge in [0.15, 0.2) is 0 Å². The Hall–Kier alpha value is -2.55. The third kappa shape index (κ3) is 3.64. The van der Waals surface area contributed by atoms with Crippen LogP contribution in [-0.4, -0.2) is 0 Å². The van der Waals surface area contributed by atoms with Crippen LogP contribution in [0.2, 0.25) is 0 Å². The molecular weight excluding hydrogens is 336 g/mol. The van der Waals surface area contributed by atoms with E-state index in [1.165, 1.54) is 33.4 Å². The molecule has 0 bridgehead atoms. The van der Waals surface area contributed by atoms with Gasteiger partial charge in [-0.3, -0.25) is 0 Å². The number of aryl methyl sites for hydroxylation is 1. The van der Waals surface area contributed by atoms with E-state index in [9.17, 15) is 4.79 Å². The first-order valence-corrected chi connectivity index (χ1v) is 9.58. The monoisotopic (exact) mass is 364 g/mol. The van der Waals surface area contributed by atoms with Gasteiger partial charge in [-0.2, -0.15) is 0 Å². The fourth-order valence-corrected chi connectivity index (χ4v) is 3.73. The molecule has 0 fully saturated rings. The molecule has 0 aliphatic carbocycles. The first-order chi connectivity index (χ1) is 12.8. The Morgan fingerprint density at radius 2 is 1.52 bits per heavy atom. The maximum absolute atomic E-state index is 11.9. The van der Waals surface area contributed by atoms with Crippen molar-refractivity contribution >= 4 is 11.0 Å². The quantitative estimate of drug-likeness (QED) is 0.532. The second-order valence-corrected chi connectivity index (χ2v) is 7.39. The highest BCUT2D eigenvalue weighted by molar-refractivity contribution is 5.81. The van der Waals surface area contributed by atoms with Gasteiger partial charge in [0.2, 0.25) is 0 Å². The zero-order valence-electron chi connectivity index (χ0n) is 17.2. The van der Waals surface area contributed by atoms with Gasteiger partial charge in [0.05, 0.1) is 0 Å². The smallest absolute Gasteiger partial charge is 0.336 e. The summed E-state index contributed by atoms with van der Waals surface area (Å²) in [5.41, 5.74) is 9.12. The maximum Gasteiger partial charge on any atom is 0.336 e.